The van der Waals surface area contributed by atoms with Crippen LogP contribution in [0.5, 0.6) is 0 Å². The predicted octanol–water partition coefficient (Wildman–Crippen LogP) is 6.78. The molecule has 39 heavy (non-hydrogen) atoms. The first-order valence-electron chi connectivity index (χ1n) is 13.2. The van der Waals surface area contributed by atoms with E-state index in [1.54, 1.807) is 0 Å². The second-order valence-corrected chi connectivity index (χ2v) is 11.5. The number of rotatable bonds is 3. The quantitative estimate of drug-likeness (QED) is 0.207. The Morgan fingerprint density at radius 2 is 1.51 bits per heavy atom. The van der Waals surface area contributed by atoms with Crippen molar-refractivity contribution >= 4 is 0 Å². The average Bonchev–Trinajstić information content (AvgIpc) is 3.59. The van der Waals surface area contributed by atoms with Crippen LogP contribution >= 0.6 is 0 Å². The maximum Gasteiger partial charge on any atom is 2.00 e. The van der Waals surface area contributed by atoms with Crippen LogP contribution in [0, 0.1) is 0 Å². The molecule has 6 rings (SSSR count). The summed E-state index contributed by atoms with van der Waals surface area (Å²) in [5.74, 6) is 0. The van der Waals surface area contributed by atoms with Crippen molar-refractivity contribution in [1.82, 2.24) is 30.4 Å². The molecule has 0 fully saturated rings. The van der Waals surface area contributed by atoms with Gasteiger partial charge in [0.1, 0.15) is 0 Å². The third-order valence-electron chi connectivity index (χ3n) is 7.10. The Labute approximate surface area is 245 Å². The summed E-state index contributed by atoms with van der Waals surface area (Å²) < 4.78 is 0. The zero-order chi connectivity index (χ0) is 26.8. The van der Waals surface area contributed by atoms with Crippen molar-refractivity contribution in [3.63, 3.8) is 0 Å². The molecule has 0 amide bonds. The van der Waals surface area contributed by atoms with Crippen molar-refractivity contribution in [2.45, 2.75) is 64.7 Å². The Bertz CT molecular complexity index is 1500. The van der Waals surface area contributed by atoms with Gasteiger partial charge < -0.3 is 20.4 Å². The van der Waals surface area contributed by atoms with Crippen molar-refractivity contribution < 1.29 is 21.1 Å². The van der Waals surface area contributed by atoms with E-state index in [1.807, 2.05) is 67.0 Å². The standard InChI is InChI=1S/C23H21N5.C9H13N.Pt/c1-23(2)13-7-10-16-21(27-28-22(16)23)18-12-6-11-17(24-18)20-14-19(25-26-20)15-8-4-3-5-9-15;1-9(2,3)8-4-6-10-7-5-8;/h3-6,8-9,11-12,14H,7,10,13H2,1-2H3;4-7H,1-3H3;/q-2;;+2. The minimum Gasteiger partial charge on any atom is -0.573 e. The van der Waals surface area contributed by atoms with E-state index >= 15 is 0 Å². The molecule has 0 saturated carbocycles. The van der Waals surface area contributed by atoms with E-state index in [-0.39, 0.29) is 31.9 Å². The zero-order valence-corrected chi connectivity index (χ0v) is 25.4. The molecule has 1 aliphatic rings. The maximum absolute atomic E-state index is 4.84. The monoisotopic (exact) mass is 697 g/mol. The van der Waals surface area contributed by atoms with Crippen molar-refractivity contribution in [2.75, 3.05) is 0 Å². The number of aromatic nitrogens is 6. The van der Waals surface area contributed by atoms with Crippen LogP contribution in [0.2, 0.25) is 0 Å². The van der Waals surface area contributed by atoms with E-state index in [1.165, 1.54) is 11.1 Å². The minimum atomic E-state index is 0. The number of fused-ring (bicyclic) bond motifs is 1. The Morgan fingerprint density at radius 1 is 0.795 bits per heavy atom. The van der Waals surface area contributed by atoms with E-state index in [0.29, 0.717) is 0 Å². The van der Waals surface area contributed by atoms with Crippen LogP contribution < -0.4 is 10.2 Å². The second-order valence-electron chi connectivity index (χ2n) is 11.5. The molecular formula is C32H34N6Pt. The van der Waals surface area contributed by atoms with Gasteiger partial charge in [-0.2, -0.15) is 0 Å². The van der Waals surface area contributed by atoms with Crippen LogP contribution in [0.15, 0.2) is 79.1 Å². The Hall–Kier alpha value is -3.37. The van der Waals surface area contributed by atoms with E-state index in [2.05, 4.69) is 72.1 Å². The topological polar surface area (TPSA) is 79.8 Å². The van der Waals surface area contributed by atoms with Crippen molar-refractivity contribution in [3.05, 3.63) is 95.9 Å². The Balaban J connectivity index is 0.000000273. The summed E-state index contributed by atoms with van der Waals surface area (Å²) in [6.07, 6.45) is 6.99. The van der Waals surface area contributed by atoms with Gasteiger partial charge in [0, 0.05) is 29.2 Å². The predicted molar refractivity (Wildman–Crippen MR) is 152 cm³/mol. The van der Waals surface area contributed by atoms with Gasteiger partial charge in [0.25, 0.3) is 0 Å². The van der Waals surface area contributed by atoms with Gasteiger partial charge in [0.2, 0.25) is 0 Å². The van der Waals surface area contributed by atoms with Crippen LogP contribution in [-0.2, 0) is 38.3 Å². The number of nitrogens with zero attached hydrogens (tertiary/aromatic N) is 6. The van der Waals surface area contributed by atoms with Crippen LogP contribution in [-0.4, -0.2) is 20.2 Å². The molecule has 202 valence electrons. The molecule has 0 atom stereocenters. The van der Waals surface area contributed by atoms with E-state index < -0.39 is 0 Å². The summed E-state index contributed by atoms with van der Waals surface area (Å²) in [7, 11) is 0. The molecule has 6 nitrogen and oxygen atoms in total. The number of hydrogen-bond acceptors (Lipinski definition) is 4. The van der Waals surface area contributed by atoms with Crippen LogP contribution in [0.4, 0.5) is 0 Å². The van der Waals surface area contributed by atoms with Gasteiger partial charge in [-0.3, -0.25) is 9.97 Å². The van der Waals surface area contributed by atoms with Gasteiger partial charge in [-0.25, -0.2) is 0 Å². The SMILES string of the molecule is CC(C)(C)c1ccncc1.CC1(C)CCCc2c1n[n-]c2-c1cccc(-c2cc(-c3ccccc3)n[n-]2)n1.[Pt+2]. The number of benzene rings is 1. The van der Waals surface area contributed by atoms with Gasteiger partial charge in [0.15, 0.2) is 0 Å². The van der Waals surface area contributed by atoms with Gasteiger partial charge >= 0.3 is 21.1 Å². The van der Waals surface area contributed by atoms with E-state index in [4.69, 9.17) is 4.98 Å². The first kappa shape index (κ1) is 28.6. The molecule has 0 spiro atoms. The molecule has 4 heterocycles. The van der Waals surface area contributed by atoms with Crippen molar-refractivity contribution in [2.24, 2.45) is 0 Å². The third kappa shape index (κ3) is 6.45. The van der Waals surface area contributed by atoms with Crippen molar-refractivity contribution in [3.8, 4) is 34.0 Å². The first-order valence-corrected chi connectivity index (χ1v) is 13.2. The van der Waals surface area contributed by atoms with Crippen molar-refractivity contribution in [1.29, 1.82) is 0 Å². The first-order chi connectivity index (χ1) is 18.2. The van der Waals surface area contributed by atoms with Gasteiger partial charge in [-0.05, 0) is 71.7 Å². The molecule has 7 heteroatoms. The number of pyridine rings is 2. The van der Waals surface area contributed by atoms with Gasteiger partial charge in [-0.15, -0.1) is 0 Å². The normalized spacial score (nSPS) is 14.0. The fourth-order valence-electron chi connectivity index (χ4n) is 4.88. The molecule has 0 radical (unpaired) electrons. The minimum absolute atomic E-state index is 0. The van der Waals surface area contributed by atoms with E-state index in [0.717, 1.165) is 59.0 Å². The second kappa shape index (κ2) is 11.8. The molecule has 0 saturated heterocycles. The molecular weight excluding hydrogens is 663 g/mol. The summed E-state index contributed by atoms with van der Waals surface area (Å²) in [6, 6.07) is 22.1. The van der Waals surface area contributed by atoms with E-state index in [9.17, 15) is 0 Å². The summed E-state index contributed by atoms with van der Waals surface area (Å²) in [6.45, 7) is 11.1. The van der Waals surface area contributed by atoms with Gasteiger partial charge in [-0.1, -0.05) is 82.4 Å². The summed E-state index contributed by atoms with van der Waals surface area (Å²) in [5.41, 5.74) is 9.29. The number of hydrogen-bond donors (Lipinski definition) is 0. The molecule has 0 bridgehead atoms. The molecule has 1 aromatic carbocycles. The Kier molecular flexibility index (Phi) is 8.66. The molecule has 0 N–H and O–H groups in total. The molecule has 1 aliphatic carbocycles. The third-order valence-corrected chi connectivity index (χ3v) is 7.10. The zero-order valence-electron chi connectivity index (χ0n) is 23.1. The van der Waals surface area contributed by atoms with Crippen LogP contribution in [0.25, 0.3) is 34.0 Å². The smallest absolute Gasteiger partial charge is 0.573 e. The average molecular weight is 698 g/mol. The molecule has 4 aromatic heterocycles. The van der Waals surface area contributed by atoms with Crippen LogP contribution in [0.1, 0.15) is 64.3 Å². The maximum atomic E-state index is 4.84. The fraction of sp³-hybridized carbons (Fsp3) is 0.312. The Morgan fingerprint density at radius 3 is 2.21 bits per heavy atom. The molecule has 0 unspecified atom stereocenters. The largest absolute Gasteiger partial charge is 2.00 e. The van der Waals surface area contributed by atoms with Gasteiger partial charge in [0.05, 0.1) is 11.4 Å². The molecule has 0 aliphatic heterocycles. The molecule has 5 aromatic rings. The summed E-state index contributed by atoms with van der Waals surface area (Å²) in [5, 5.41) is 17.7. The fourth-order valence-corrected chi connectivity index (χ4v) is 4.88. The summed E-state index contributed by atoms with van der Waals surface area (Å²) in [4.78, 5) is 8.80. The van der Waals surface area contributed by atoms with Crippen LogP contribution in [0.3, 0.4) is 0 Å². The summed E-state index contributed by atoms with van der Waals surface area (Å²) >= 11 is 0.